The van der Waals surface area contributed by atoms with Crippen LogP contribution in [0.1, 0.15) is 16.9 Å². The molecule has 8 heteroatoms. The number of nitrogens with zero attached hydrogens (tertiary/aromatic N) is 7. The molecule has 0 saturated carbocycles. The van der Waals surface area contributed by atoms with E-state index in [4.69, 9.17) is 16.6 Å². The number of hydrogen-bond donors (Lipinski definition) is 0. The number of aryl methyl sites for hydroxylation is 2. The molecule has 0 N–H and O–H groups in total. The molecule has 0 fully saturated rings. The SMILES string of the molecule is Cc1ncn2c1C(Cl)n1nc(-c3ccn(C)n3)nc1-c1ccccc1-2. The first-order valence-corrected chi connectivity index (χ1v) is 8.31. The predicted octanol–water partition coefficient (Wildman–Crippen LogP) is 2.94. The van der Waals surface area contributed by atoms with Gasteiger partial charge in [-0.2, -0.15) is 5.10 Å². The number of benzene rings is 1. The largest absolute Gasteiger partial charge is 0.299 e. The van der Waals surface area contributed by atoms with Crippen molar-refractivity contribution in [2.45, 2.75) is 12.4 Å². The summed E-state index contributed by atoms with van der Waals surface area (Å²) in [4.78, 5) is 9.17. The Morgan fingerprint density at radius 1 is 1.12 bits per heavy atom. The van der Waals surface area contributed by atoms with Gasteiger partial charge in [0, 0.05) is 18.8 Å². The number of rotatable bonds is 1. The molecule has 0 radical (unpaired) electrons. The molecule has 1 aromatic carbocycles. The second-order valence-electron chi connectivity index (χ2n) is 6.02. The van der Waals surface area contributed by atoms with E-state index in [-0.39, 0.29) is 0 Å². The summed E-state index contributed by atoms with van der Waals surface area (Å²) in [6.07, 6.45) is 3.66. The molecule has 7 nitrogen and oxygen atoms in total. The van der Waals surface area contributed by atoms with Gasteiger partial charge in [-0.15, -0.1) is 5.10 Å². The van der Waals surface area contributed by atoms with Crippen LogP contribution < -0.4 is 0 Å². The minimum Gasteiger partial charge on any atom is -0.299 e. The number of para-hydroxylation sites is 1. The van der Waals surface area contributed by atoms with Crippen molar-refractivity contribution >= 4 is 11.6 Å². The zero-order valence-electron chi connectivity index (χ0n) is 13.6. The fourth-order valence-corrected chi connectivity index (χ4v) is 3.62. The van der Waals surface area contributed by atoms with E-state index in [1.165, 1.54) is 0 Å². The summed E-state index contributed by atoms with van der Waals surface area (Å²) in [6, 6.07) is 9.92. The van der Waals surface area contributed by atoms with Crippen LogP contribution in [0.5, 0.6) is 0 Å². The van der Waals surface area contributed by atoms with Crippen LogP contribution in [0.4, 0.5) is 0 Å². The van der Waals surface area contributed by atoms with E-state index in [1.807, 2.05) is 55.1 Å². The minimum atomic E-state index is -0.505. The highest BCUT2D eigenvalue weighted by Gasteiger charge is 2.30. The first-order chi connectivity index (χ1) is 12.1. The van der Waals surface area contributed by atoms with Crippen LogP contribution in [0.2, 0.25) is 0 Å². The summed E-state index contributed by atoms with van der Waals surface area (Å²) < 4.78 is 5.49. The molecule has 4 heterocycles. The van der Waals surface area contributed by atoms with Crippen LogP contribution in [0.15, 0.2) is 42.9 Å². The fourth-order valence-electron chi connectivity index (χ4n) is 3.22. The molecule has 0 amide bonds. The Kier molecular flexibility index (Phi) is 2.90. The Hall–Kier alpha value is -2.93. The molecule has 124 valence electrons. The molecule has 3 aromatic heterocycles. The third kappa shape index (κ3) is 1.99. The standard InChI is InChI=1S/C17H14ClN7/c1-10-14-15(18)25-17(20-16(22-25)12-7-8-23(2)21-12)11-5-3-4-6-13(11)24(14)9-19-10/h3-9,15H,1-2H3. The second-order valence-corrected chi connectivity index (χ2v) is 6.43. The third-order valence-electron chi connectivity index (χ3n) is 4.42. The maximum Gasteiger partial charge on any atom is 0.202 e. The van der Waals surface area contributed by atoms with Gasteiger partial charge in [0.1, 0.15) is 5.69 Å². The zero-order chi connectivity index (χ0) is 17.1. The number of alkyl halides is 1. The van der Waals surface area contributed by atoms with Crippen LogP contribution in [0, 0.1) is 6.92 Å². The van der Waals surface area contributed by atoms with Gasteiger partial charge in [0.15, 0.2) is 11.3 Å². The normalized spacial score (nSPS) is 15.4. The summed E-state index contributed by atoms with van der Waals surface area (Å²) in [7, 11) is 1.87. The smallest absolute Gasteiger partial charge is 0.202 e. The Morgan fingerprint density at radius 2 is 1.96 bits per heavy atom. The molecule has 0 saturated heterocycles. The monoisotopic (exact) mass is 351 g/mol. The van der Waals surface area contributed by atoms with Gasteiger partial charge >= 0.3 is 0 Å². The summed E-state index contributed by atoms with van der Waals surface area (Å²) in [5, 5.41) is 9.05. The predicted molar refractivity (Wildman–Crippen MR) is 93.5 cm³/mol. The highest BCUT2D eigenvalue weighted by molar-refractivity contribution is 6.21. The molecule has 0 aliphatic carbocycles. The summed E-state index contributed by atoms with van der Waals surface area (Å²) in [6.45, 7) is 1.95. The van der Waals surface area contributed by atoms with Crippen LogP contribution >= 0.6 is 11.6 Å². The van der Waals surface area contributed by atoms with Crippen LogP contribution in [-0.2, 0) is 7.05 Å². The van der Waals surface area contributed by atoms with E-state index in [0.29, 0.717) is 5.82 Å². The maximum atomic E-state index is 6.80. The molecule has 1 aliphatic heterocycles. The lowest BCUT2D eigenvalue weighted by atomic mass is 10.1. The van der Waals surface area contributed by atoms with E-state index in [1.54, 1.807) is 15.7 Å². The van der Waals surface area contributed by atoms with Crippen molar-refractivity contribution in [1.82, 2.24) is 34.1 Å². The lowest BCUT2D eigenvalue weighted by molar-refractivity contribution is 0.649. The van der Waals surface area contributed by atoms with Gasteiger partial charge in [-0.3, -0.25) is 9.25 Å². The quantitative estimate of drug-likeness (QED) is 0.494. The van der Waals surface area contributed by atoms with Crippen molar-refractivity contribution in [2.24, 2.45) is 7.05 Å². The molecule has 25 heavy (non-hydrogen) atoms. The average Bonchev–Trinajstić information content (AvgIpc) is 3.31. The summed E-state index contributed by atoms with van der Waals surface area (Å²) in [5.41, 5.74) is 3.92. The van der Waals surface area contributed by atoms with Crippen LogP contribution in [-0.4, -0.2) is 34.1 Å². The molecular weight excluding hydrogens is 338 g/mol. The van der Waals surface area contributed by atoms with Gasteiger partial charge in [-0.1, -0.05) is 23.7 Å². The van der Waals surface area contributed by atoms with Gasteiger partial charge in [-0.25, -0.2) is 14.6 Å². The molecule has 4 aromatic rings. The maximum absolute atomic E-state index is 6.80. The van der Waals surface area contributed by atoms with Crippen molar-refractivity contribution < 1.29 is 0 Å². The number of fused-ring (bicyclic) bond motifs is 5. The summed E-state index contributed by atoms with van der Waals surface area (Å²) >= 11 is 6.80. The Balaban J connectivity index is 1.82. The Morgan fingerprint density at radius 3 is 2.76 bits per heavy atom. The van der Waals surface area contributed by atoms with Crippen LogP contribution in [0.25, 0.3) is 28.6 Å². The molecule has 0 spiro atoms. The van der Waals surface area contributed by atoms with E-state index in [0.717, 1.165) is 34.2 Å². The average molecular weight is 352 g/mol. The van der Waals surface area contributed by atoms with Gasteiger partial charge in [-0.05, 0) is 25.1 Å². The molecule has 1 atom stereocenters. The van der Waals surface area contributed by atoms with E-state index in [9.17, 15) is 0 Å². The highest BCUT2D eigenvalue weighted by atomic mass is 35.5. The topological polar surface area (TPSA) is 66.3 Å². The van der Waals surface area contributed by atoms with Gasteiger partial charge in [0.05, 0.1) is 23.4 Å². The number of imidazole rings is 1. The number of hydrogen-bond acceptors (Lipinski definition) is 4. The molecule has 0 bridgehead atoms. The zero-order valence-corrected chi connectivity index (χ0v) is 14.4. The van der Waals surface area contributed by atoms with E-state index >= 15 is 0 Å². The van der Waals surface area contributed by atoms with Crippen molar-refractivity contribution in [3.05, 3.63) is 54.2 Å². The highest BCUT2D eigenvalue weighted by Crippen LogP contribution is 2.38. The van der Waals surface area contributed by atoms with E-state index < -0.39 is 5.50 Å². The lowest BCUT2D eigenvalue weighted by Gasteiger charge is -2.11. The van der Waals surface area contributed by atoms with Gasteiger partial charge in [0.2, 0.25) is 5.82 Å². The molecule has 1 aliphatic rings. The van der Waals surface area contributed by atoms with Crippen molar-refractivity contribution in [3.8, 4) is 28.6 Å². The third-order valence-corrected chi connectivity index (χ3v) is 4.81. The lowest BCUT2D eigenvalue weighted by Crippen LogP contribution is -2.10. The minimum absolute atomic E-state index is 0.505. The first kappa shape index (κ1) is 14.4. The summed E-state index contributed by atoms with van der Waals surface area (Å²) in [5.74, 6) is 1.28. The molecule has 5 rings (SSSR count). The second kappa shape index (κ2) is 5.03. The Bertz CT molecular complexity index is 1100. The van der Waals surface area contributed by atoms with Gasteiger partial charge < -0.3 is 0 Å². The Labute approximate surface area is 148 Å². The number of aromatic nitrogens is 7. The first-order valence-electron chi connectivity index (χ1n) is 7.88. The van der Waals surface area contributed by atoms with Crippen LogP contribution in [0.3, 0.4) is 0 Å². The van der Waals surface area contributed by atoms with Crippen molar-refractivity contribution in [3.63, 3.8) is 0 Å². The fraction of sp³-hybridized carbons (Fsp3) is 0.176. The molecular formula is C17H14ClN7. The number of halogens is 1. The van der Waals surface area contributed by atoms with Gasteiger partial charge in [0.25, 0.3) is 0 Å². The molecule has 1 unspecified atom stereocenters. The van der Waals surface area contributed by atoms with E-state index in [2.05, 4.69) is 15.2 Å². The van der Waals surface area contributed by atoms with Crippen molar-refractivity contribution in [2.75, 3.05) is 0 Å². The van der Waals surface area contributed by atoms with Crippen molar-refractivity contribution in [1.29, 1.82) is 0 Å².